The van der Waals surface area contributed by atoms with Gasteiger partial charge in [0.25, 0.3) is 0 Å². The van der Waals surface area contributed by atoms with Gasteiger partial charge < -0.3 is 5.11 Å². The van der Waals surface area contributed by atoms with E-state index in [1.165, 1.54) is 0 Å². The third-order valence-electron chi connectivity index (χ3n) is 2.75. The summed E-state index contributed by atoms with van der Waals surface area (Å²) in [6.45, 7) is 11.6. The first-order valence-corrected chi connectivity index (χ1v) is 5.29. The fourth-order valence-electron chi connectivity index (χ4n) is 2.37. The smallest absolute Gasteiger partial charge is 0.0587 e. The molecule has 1 N–H and O–H groups in total. The number of aliphatic hydroxyl groups excluding tert-OH is 1. The van der Waals surface area contributed by atoms with Crippen molar-refractivity contribution >= 4 is 0 Å². The van der Waals surface area contributed by atoms with E-state index in [1.54, 1.807) is 0 Å². The lowest BCUT2D eigenvalue weighted by molar-refractivity contribution is 0.146. The van der Waals surface area contributed by atoms with Crippen LogP contribution < -0.4 is 0 Å². The highest BCUT2D eigenvalue weighted by atomic mass is 16.3. The van der Waals surface area contributed by atoms with Crippen LogP contribution in [0.3, 0.4) is 0 Å². The van der Waals surface area contributed by atoms with Crippen molar-refractivity contribution in [3.63, 3.8) is 0 Å². The Bertz CT molecular complexity index is 165. The number of likely N-dealkylation sites (tertiary alicyclic amines) is 1. The molecule has 1 atom stereocenters. The van der Waals surface area contributed by atoms with Crippen molar-refractivity contribution in [3.8, 4) is 0 Å². The van der Waals surface area contributed by atoms with Gasteiger partial charge in [-0.15, -0.1) is 0 Å². The van der Waals surface area contributed by atoms with E-state index in [9.17, 15) is 5.11 Å². The van der Waals surface area contributed by atoms with Crippen LogP contribution in [0.25, 0.3) is 0 Å². The topological polar surface area (TPSA) is 23.5 Å². The molecule has 0 radical (unpaired) electrons. The third-order valence-corrected chi connectivity index (χ3v) is 2.75. The molecule has 0 aromatic carbocycles. The summed E-state index contributed by atoms with van der Waals surface area (Å²) in [5.74, 6) is 0.697. The molecule has 0 aromatic rings. The van der Waals surface area contributed by atoms with Gasteiger partial charge in [0.15, 0.2) is 0 Å². The van der Waals surface area contributed by atoms with E-state index in [4.69, 9.17) is 0 Å². The van der Waals surface area contributed by atoms with Crippen LogP contribution in [-0.2, 0) is 0 Å². The lowest BCUT2D eigenvalue weighted by atomic mass is 9.91. The van der Waals surface area contributed by atoms with Crippen molar-refractivity contribution in [2.45, 2.75) is 40.2 Å². The Labute approximate surface area is 81.9 Å². The van der Waals surface area contributed by atoms with Crippen LogP contribution in [0.2, 0.25) is 0 Å². The van der Waals surface area contributed by atoms with Crippen LogP contribution >= 0.6 is 0 Å². The monoisotopic (exact) mass is 185 g/mol. The molecular weight excluding hydrogens is 162 g/mol. The summed E-state index contributed by atoms with van der Waals surface area (Å²) in [7, 11) is 0. The van der Waals surface area contributed by atoms with Crippen LogP contribution in [-0.4, -0.2) is 35.7 Å². The Kier molecular flexibility index (Phi) is 3.36. The van der Waals surface area contributed by atoms with Crippen molar-refractivity contribution < 1.29 is 5.11 Å². The van der Waals surface area contributed by atoms with Crippen molar-refractivity contribution in [1.29, 1.82) is 0 Å². The highest BCUT2D eigenvalue weighted by Crippen LogP contribution is 2.33. The average molecular weight is 185 g/mol. The Balaban J connectivity index is 2.53. The summed E-state index contributed by atoms with van der Waals surface area (Å²) >= 11 is 0. The Hall–Kier alpha value is -0.0800. The normalized spacial score (nSPS) is 28.6. The van der Waals surface area contributed by atoms with Gasteiger partial charge >= 0.3 is 0 Å². The van der Waals surface area contributed by atoms with Gasteiger partial charge in [0.05, 0.1) is 6.61 Å². The van der Waals surface area contributed by atoms with E-state index in [-0.39, 0.29) is 0 Å². The molecule has 1 saturated heterocycles. The molecule has 2 heteroatoms. The number of hydrogen-bond acceptors (Lipinski definition) is 2. The van der Waals surface area contributed by atoms with Gasteiger partial charge in [-0.2, -0.15) is 0 Å². The van der Waals surface area contributed by atoms with Gasteiger partial charge in [-0.05, 0) is 17.8 Å². The molecule has 1 fully saturated rings. The summed E-state index contributed by atoms with van der Waals surface area (Å²) in [4.78, 5) is 2.44. The van der Waals surface area contributed by atoms with Crippen molar-refractivity contribution in [3.05, 3.63) is 0 Å². The molecule has 0 bridgehead atoms. The zero-order chi connectivity index (χ0) is 10.1. The lowest BCUT2D eigenvalue weighted by Crippen LogP contribution is -2.35. The predicted molar refractivity (Wildman–Crippen MR) is 55.7 cm³/mol. The second-order valence-electron chi connectivity index (χ2n) is 5.53. The predicted octanol–water partition coefficient (Wildman–Crippen LogP) is 1.74. The maximum Gasteiger partial charge on any atom is 0.0587 e. The number of hydrogen-bond donors (Lipinski definition) is 1. The second kappa shape index (κ2) is 3.97. The minimum absolute atomic E-state index is 0.316. The maximum absolute atomic E-state index is 9.24. The Morgan fingerprint density at radius 3 is 2.54 bits per heavy atom. The quantitative estimate of drug-likeness (QED) is 0.724. The van der Waals surface area contributed by atoms with Crippen molar-refractivity contribution in [2.75, 3.05) is 19.7 Å². The molecule has 1 aliphatic heterocycles. The standard InChI is InChI=1S/C11H23NO/c1-9(2)6-12-8-11(3,4)5-10(12)7-13/h9-10,13H,5-8H2,1-4H3. The highest BCUT2D eigenvalue weighted by Gasteiger charge is 2.36. The van der Waals surface area contributed by atoms with Crippen LogP contribution in [0.15, 0.2) is 0 Å². The fraction of sp³-hybridized carbons (Fsp3) is 1.00. The van der Waals surface area contributed by atoms with Gasteiger partial charge in [-0.25, -0.2) is 0 Å². The summed E-state index contributed by atoms with van der Waals surface area (Å²) in [6.07, 6.45) is 1.14. The molecule has 1 aliphatic rings. The van der Waals surface area contributed by atoms with Crippen molar-refractivity contribution in [2.24, 2.45) is 11.3 Å². The molecule has 0 aromatic heterocycles. The summed E-state index contributed by atoms with van der Waals surface area (Å²) in [6, 6.07) is 0.400. The molecule has 78 valence electrons. The highest BCUT2D eigenvalue weighted by molar-refractivity contribution is 4.90. The Morgan fingerprint density at radius 2 is 2.08 bits per heavy atom. The Morgan fingerprint density at radius 1 is 1.46 bits per heavy atom. The SMILES string of the molecule is CC(C)CN1CC(C)(C)CC1CO. The van der Waals surface area contributed by atoms with Crippen LogP contribution in [0.5, 0.6) is 0 Å². The first-order valence-electron chi connectivity index (χ1n) is 5.29. The van der Waals surface area contributed by atoms with Crippen LogP contribution in [0.1, 0.15) is 34.1 Å². The van der Waals surface area contributed by atoms with Gasteiger partial charge in [0, 0.05) is 19.1 Å². The molecule has 2 nitrogen and oxygen atoms in total. The number of rotatable bonds is 3. The zero-order valence-electron chi connectivity index (χ0n) is 9.38. The van der Waals surface area contributed by atoms with E-state index < -0.39 is 0 Å². The molecule has 0 aliphatic carbocycles. The summed E-state index contributed by atoms with van der Waals surface area (Å²) in [5, 5.41) is 9.24. The lowest BCUT2D eigenvalue weighted by Gasteiger charge is -2.24. The van der Waals surface area contributed by atoms with Crippen LogP contribution in [0, 0.1) is 11.3 Å². The molecule has 13 heavy (non-hydrogen) atoms. The van der Waals surface area contributed by atoms with Gasteiger partial charge in [0.2, 0.25) is 0 Å². The van der Waals surface area contributed by atoms with Crippen LogP contribution in [0.4, 0.5) is 0 Å². The van der Waals surface area contributed by atoms with E-state index in [0.29, 0.717) is 24.0 Å². The second-order valence-corrected chi connectivity index (χ2v) is 5.53. The maximum atomic E-state index is 9.24. The van der Waals surface area contributed by atoms with E-state index >= 15 is 0 Å². The molecule has 0 spiro atoms. The summed E-state index contributed by atoms with van der Waals surface area (Å²) in [5.41, 5.74) is 0.391. The number of aliphatic hydroxyl groups is 1. The first-order chi connectivity index (χ1) is 5.94. The van der Waals surface area contributed by atoms with E-state index in [2.05, 4.69) is 32.6 Å². The van der Waals surface area contributed by atoms with Gasteiger partial charge in [-0.3, -0.25) is 4.90 Å². The minimum Gasteiger partial charge on any atom is -0.395 e. The van der Waals surface area contributed by atoms with E-state index in [0.717, 1.165) is 19.5 Å². The largest absolute Gasteiger partial charge is 0.395 e. The molecule has 0 saturated carbocycles. The zero-order valence-corrected chi connectivity index (χ0v) is 9.38. The fourth-order valence-corrected chi connectivity index (χ4v) is 2.37. The van der Waals surface area contributed by atoms with Crippen molar-refractivity contribution in [1.82, 2.24) is 4.90 Å². The third kappa shape index (κ3) is 2.96. The van der Waals surface area contributed by atoms with Gasteiger partial charge in [0.1, 0.15) is 0 Å². The molecule has 1 heterocycles. The minimum atomic E-state index is 0.316. The molecule has 1 unspecified atom stereocenters. The van der Waals surface area contributed by atoms with Gasteiger partial charge in [-0.1, -0.05) is 27.7 Å². The molecule has 1 rings (SSSR count). The first kappa shape index (κ1) is 11.0. The number of nitrogens with zero attached hydrogens (tertiary/aromatic N) is 1. The average Bonchev–Trinajstić information content (AvgIpc) is 2.24. The molecule has 0 amide bonds. The van der Waals surface area contributed by atoms with E-state index in [1.807, 2.05) is 0 Å². The summed E-state index contributed by atoms with van der Waals surface area (Å²) < 4.78 is 0. The molecular formula is C11H23NO.